The maximum atomic E-state index is 10.9. The summed E-state index contributed by atoms with van der Waals surface area (Å²) in [5, 5.41) is 43.4. The van der Waals surface area contributed by atoms with Crippen LogP contribution < -0.4 is 5.23 Å². The van der Waals surface area contributed by atoms with Crippen molar-refractivity contribution in [1.82, 2.24) is 15.2 Å². The largest absolute Gasteiger partial charge is 0.595 e. The Morgan fingerprint density at radius 2 is 2.25 bits per heavy atom. The van der Waals surface area contributed by atoms with Crippen molar-refractivity contribution in [1.29, 1.82) is 0 Å². The quantitative estimate of drug-likeness (QED) is 0.288. The van der Waals surface area contributed by atoms with Crippen molar-refractivity contribution in [3.63, 3.8) is 0 Å². The van der Waals surface area contributed by atoms with Crippen LogP contribution in [0.4, 0.5) is 5.69 Å². The number of quaternary nitrogens is 1. The number of phenols is 1. The number of carboxylic acids is 1. The van der Waals surface area contributed by atoms with E-state index in [0.29, 0.717) is 0 Å². The predicted octanol–water partition coefficient (Wildman–Crippen LogP) is -0.243. The van der Waals surface area contributed by atoms with Gasteiger partial charge in [-0.3, -0.25) is 9.89 Å². The van der Waals surface area contributed by atoms with E-state index in [0.717, 1.165) is 11.8 Å². The molecular formula is C10H10N4O5S. The summed E-state index contributed by atoms with van der Waals surface area (Å²) in [7, 11) is 0. The third-order valence-electron chi connectivity index (χ3n) is 2.29. The van der Waals surface area contributed by atoms with E-state index in [1.54, 1.807) is 0 Å². The fourth-order valence-electron chi connectivity index (χ4n) is 1.42. The average Bonchev–Trinajstić information content (AvgIpc) is 2.85. The molecule has 10 heteroatoms. The fourth-order valence-corrected chi connectivity index (χ4v) is 1.94. The smallest absolute Gasteiger partial charge is 0.313 e. The van der Waals surface area contributed by atoms with Gasteiger partial charge in [-0.05, 0) is 6.07 Å². The maximum Gasteiger partial charge on any atom is 0.313 e. The number of aliphatic carboxylic acids is 1. The van der Waals surface area contributed by atoms with Crippen molar-refractivity contribution >= 4 is 23.4 Å². The minimum Gasteiger partial charge on any atom is -0.595 e. The molecule has 20 heavy (non-hydrogen) atoms. The van der Waals surface area contributed by atoms with E-state index in [1.165, 1.54) is 18.2 Å². The Balaban J connectivity index is 2.27. The fraction of sp³-hybridized carbons (Fsp3) is 0.100. The summed E-state index contributed by atoms with van der Waals surface area (Å²) in [6, 6.07) is 3.76. The highest BCUT2D eigenvalue weighted by atomic mass is 32.2. The van der Waals surface area contributed by atoms with Gasteiger partial charge in [0.2, 0.25) is 5.16 Å². The topological polar surface area (TPSA) is 147 Å². The molecule has 106 valence electrons. The number of carboxylic acid groups (broad SMARTS) is 1. The van der Waals surface area contributed by atoms with Crippen LogP contribution in [0.1, 0.15) is 0 Å². The first-order chi connectivity index (χ1) is 9.47. The number of nitrogens with one attached hydrogen (secondary N) is 2. The summed E-state index contributed by atoms with van der Waals surface area (Å²) in [5.74, 6) is -1.19. The zero-order valence-corrected chi connectivity index (χ0v) is 10.7. The van der Waals surface area contributed by atoms with E-state index in [4.69, 9.17) is 10.3 Å². The van der Waals surface area contributed by atoms with Crippen LogP contribution in [-0.2, 0) is 4.79 Å². The molecule has 0 saturated heterocycles. The van der Waals surface area contributed by atoms with Crippen molar-refractivity contribution in [2.45, 2.75) is 5.16 Å². The minimum atomic E-state index is -1.13. The first-order valence-electron chi connectivity index (χ1n) is 5.31. The number of rotatable bonds is 5. The molecule has 0 aliphatic heterocycles. The minimum absolute atomic E-state index is 0.00561. The van der Waals surface area contributed by atoms with Crippen molar-refractivity contribution < 1.29 is 25.4 Å². The number of carbonyl (C=O) groups is 1. The normalized spacial score (nSPS) is 12.3. The Morgan fingerprint density at radius 3 is 2.90 bits per heavy atom. The van der Waals surface area contributed by atoms with E-state index >= 15 is 0 Å². The molecule has 0 aliphatic rings. The number of aromatic hydroxyl groups is 1. The van der Waals surface area contributed by atoms with E-state index in [1.807, 2.05) is 0 Å². The zero-order chi connectivity index (χ0) is 14.7. The molecule has 0 aliphatic carbocycles. The van der Waals surface area contributed by atoms with Gasteiger partial charge < -0.3 is 15.4 Å². The maximum absolute atomic E-state index is 10.9. The Kier molecular flexibility index (Phi) is 4.20. The molecule has 1 heterocycles. The lowest BCUT2D eigenvalue weighted by Gasteiger charge is -2.12. The van der Waals surface area contributed by atoms with Crippen LogP contribution in [0.2, 0.25) is 0 Å². The third kappa shape index (κ3) is 3.24. The average molecular weight is 298 g/mol. The second-order valence-electron chi connectivity index (χ2n) is 3.69. The summed E-state index contributed by atoms with van der Waals surface area (Å²) in [5.41, 5.74) is 0.175. The van der Waals surface area contributed by atoms with E-state index in [-0.39, 0.29) is 33.7 Å². The number of hydrogen-bond acceptors (Lipinski definition) is 7. The van der Waals surface area contributed by atoms with Crippen LogP contribution in [0.5, 0.6) is 5.75 Å². The Morgan fingerprint density at radius 1 is 1.50 bits per heavy atom. The van der Waals surface area contributed by atoms with Crippen LogP contribution in [0.15, 0.2) is 23.4 Å². The van der Waals surface area contributed by atoms with Crippen molar-refractivity contribution in [2.75, 3.05) is 5.75 Å². The molecular weight excluding hydrogens is 288 g/mol. The number of aromatic amines is 1. The number of aromatic nitrogens is 3. The van der Waals surface area contributed by atoms with Crippen molar-refractivity contribution in [3.8, 4) is 17.1 Å². The molecule has 0 spiro atoms. The summed E-state index contributed by atoms with van der Waals surface area (Å²) in [6.45, 7) is 0. The second-order valence-corrected chi connectivity index (χ2v) is 4.63. The highest BCUT2D eigenvalue weighted by Gasteiger charge is 2.14. The molecule has 2 aromatic rings. The van der Waals surface area contributed by atoms with Gasteiger partial charge in [0.15, 0.2) is 11.5 Å². The Labute approximate surface area is 116 Å². The highest BCUT2D eigenvalue weighted by molar-refractivity contribution is 7.99. The van der Waals surface area contributed by atoms with Gasteiger partial charge in [0.05, 0.1) is 11.3 Å². The third-order valence-corrected chi connectivity index (χ3v) is 3.12. The van der Waals surface area contributed by atoms with Crippen LogP contribution in [0.3, 0.4) is 0 Å². The molecule has 0 bridgehead atoms. The molecule has 5 N–H and O–H groups in total. The molecule has 9 nitrogen and oxygen atoms in total. The van der Waals surface area contributed by atoms with Gasteiger partial charge in [-0.15, -0.1) is 5.10 Å². The summed E-state index contributed by atoms with van der Waals surface area (Å²) in [4.78, 5) is 14.4. The molecule has 0 fully saturated rings. The molecule has 0 radical (unpaired) electrons. The first-order valence-corrected chi connectivity index (χ1v) is 6.29. The van der Waals surface area contributed by atoms with Gasteiger partial charge in [-0.25, -0.2) is 10.2 Å². The number of phenolic OH excluding ortho intramolecular Hbond substituents is 1. The van der Waals surface area contributed by atoms with Gasteiger partial charge in [-0.1, -0.05) is 11.8 Å². The lowest BCUT2D eigenvalue weighted by molar-refractivity contribution is -0.991. The number of benzene rings is 1. The monoisotopic (exact) mass is 298 g/mol. The lowest BCUT2D eigenvalue weighted by Crippen LogP contribution is -2.99. The number of thioether (sulfide) groups is 1. The van der Waals surface area contributed by atoms with Gasteiger partial charge >= 0.3 is 5.97 Å². The van der Waals surface area contributed by atoms with Gasteiger partial charge in [0.1, 0.15) is 5.75 Å². The Hall–Kier alpha value is -2.14. The summed E-state index contributed by atoms with van der Waals surface area (Å²) >= 11 is 0.909. The van der Waals surface area contributed by atoms with Crippen LogP contribution in [-0.4, -0.2) is 42.3 Å². The molecule has 1 aromatic heterocycles. The number of hydrogen-bond donors (Lipinski definition) is 5. The second kappa shape index (κ2) is 5.88. The lowest BCUT2D eigenvalue weighted by atomic mass is 10.1. The van der Waals surface area contributed by atoms with Crippen LogP contribution in [0.25, 0.3) is 11.4 Å². The SMILES string of the molecule is O=C(O)CSc1n[nH]c(-c2cc([NH+]([O-])O)ccc2O)n1. The molecule has 1 atom stereocenters. The van der Waals surface area contributed by atoms with Crippen LogP contribution >= 0.6 is 11.8 Å². The number of H-pyrrole nitrogens is 1. The standard InChI is InChI=1S/C10H10N4O5S/c15-7-2-1-5(14(18)19)3-6(7)9-11-10(13-12-9)20-4-8(16)17/h1-3,14-15,18H,4H2,(H,16,17)(H,11,12,13). The van der Waals surface area contributed by atoms with E-state index < -0.39 is 11.2 Å². The van der Waals surface area contributed by atoms with Gasteiger partial charge in [0.25, 0.3) is 0 Å². The summed E-state index contributed by atoms with van der Waals surface area (Å²) in [6.07, 6.45) is 0. The molecule has 2 rings (SSSR count). The zero-order valence-electron chi connectivity index (χ0n) is 9.90. The summed E-state index contributed by atoms with van der Waals surface area (Å²) < 4.78 is 0. The van der Waals surface area contributed by atoms with Crippen molar-refractivity contribution in [3.05, 3.63) is 23.4 Å². The molecule has 1 unspecified atom stereocenters. The molecule has 1 aromatic carbocycles. The first kappa shape index (κ1) is 14.3. The Bertz CT molecular complexity index is 630. The van der Waals surface area contributed by atoms with Crippen molar-refractivity contribution in [2.24, 2.45) is 0 Å². The molecule has 0 amide bonds. The predicted molar refractivity (Wildman–Crippen MR) is 67.6 cm³/mol. The van der Waals surface area contributed by atoms with Crippen LogP contribution in [0, 0.1) is 5.21 Å². The molecule has 0 saturated carbocycles. The van der Waals surface area contributed by atoms with Gasteiger partial charge in [0, 0.05) is 12.1 Å². The van der Waals surface area contributed by atoms with E-state index in [2.05, 4.69) is 15.2 Å². The number of nitrogens with zero attached hydrogens (tertiary/aromatic N) is 2. The van der Waals surface area contributed by atoms with E-state index in [9.17, 15) is 15.1 Å². The van der Waals surface area contributed by atoms with Gasteiger partial charge in [-0.2, -0.15) is 5.23 Å². The highest BCUT2D eigenvalue weighted by Crippen LogP contribution is 2.29.